The van der Waals surface area contributed by atoms with Gasteiger partial charge in [-0.3, -0.25) is 5.10 Å². The summed E-state index contributed by atoms with van der Waals surface area (Å²) in [5.74, 6) is 0.730. The van der Waals surface area contributed by atoms with Gasteiger partial charge in [-0.25, -0.2) is 4.99 Å². The number of benzene rings is 2. The van der Waals surface area contributed by atoms with Crippen LogP contribution in [0.2, 0.25) is 10.0 Å². The summed E-state index contributed by atoms with van der Waals surface area (Å²) in [7, 11) is 0. The van der Waals surface area contributed by atoms with Gasteiger partial charge in [0, 0.05) is 27.5 Å². The number of aromatic amines is 1. The Kier molecular flexibility index (Phi) is 4.80. The van der Waals surface area contributed by atoms with Gasteiger partial charge in [-0.1, -0.05) is 47.5 Å². The predicted molar refractivity (Wildman–Crippen MR) is 96.7 cm³/mol. The molecule has 0 fully saturated rings. The van der Waals surface area contributed by atoms with Crippen molar-refractivity contribution in [2.75, 3.05) is 5.32 Å². The predicted octanol–water partition coefficient (Wildman–Crippen LogP) is 5.08. The number of anilines is 2. The summed E-state index contributed by atoms with van der Waals surface area (Å²) in [6.07, 6.45) is 1.57. The van der Waals surface area contributed by atoms with E-state index < -0.39 is 0 Å². The van der Waals surface area contributed by atoms with E-state index in [1.54, 1.807) is 24.4 Å². The summed E-state index contributed by atoms with van der Waals surface area (Å²) >= 11 is 12.0. The smallest absolute Gasteiger partial charge is 0.193 e. The highest BCUT2D eigenvalue weighted by Crippen LogP contribution is 2.27. The molecule has 5 nitrogen and oxygen atoms in total. The summed E-state index contributed by atoms with van der Waals surface area (Å²) in [4.78, 5) is 4.25. The van der Waals surface area contributed by atoms with Gasteiger partial charge in [-0.2, -0.15) is 10.4 Å². The average molecular weight is 356 g/mol. The van der Waals surface area contributed by atoms with Crippen molar-refractivity contribution in [3.05, 3.63) is 69.7 Å². The molecule has 0 spiro atoms. The topological polar surface area (TPSA) is 76.9 Å². The number of nitriles is 1. The third kappa shape index (κ3) is 3.57. The molecule has 3 rings (SSSR count). The number of rotatable bonds is 4. The molecule has 24 heavy (non-hydrogen) atoms. The number of aliphatic imine (C=N–C) groups is 1. The lowest BCUT2D eigenvalue weighted by atomic mass is 10.2. The van der Waals surface area contributed by atoms with Crippen LogP contribution in [0.3, 0.4) is 0 Å². The normalized spacial score (nSPS) is 10.7. The molecule has 0 aliphatic heterocycles. The van der Waals surface area contributed by atoms with E-state index in [2.05, 4.69) is 26.6 Å². The van der Waals surface area contributed by atoms with Gasteiger partial charge < -0.3 is 5.32 Å². The Labute approximate surface area is 148 Å². The zero-order chi connectivity index (χ0) is 16.9. The monoisotopic (exact) mass is 355 g/mol. The van der Waals surface area contributed by atoms with E-state index in [9.17, 15) is 5.26 Å². The van der Waals surface area contributed by atoms with Crippen LogP contribution in [0.25, 0.3) is 0 Å². The highest BCUT2D eigenvalue weighted by Gasteiger charge is 2.12. The van der Waals surface area contributed by atoms with E-state index in [4.69, 9.17) is 23.2 Å². The van der Waals surface area contributed by atoms with E-state index in [0.717, 1.165) is 11.3 Å². The molecular weight excluding hydrogens is 345 g/mol. The van der Waals surface area contributed by atoms with Crippen molar-refractivity contribution in [3.63, 3.8) is 0 Å². The lowest BCUT2D eigenvalue weighted by molar-refractivity contribution is 1.09. The first-order chi connectivity index (χ1) is 11.7. The van der Waals surface area contributed by atoms with E-state index in [1.165, 1.54) is 0 Å². The molecule has 0 saturated heterocycles. The molecule has 0 atom stereocenters. The molecule has 3 aromatic rings. The molecule has 0 bridgehead atoms. The van der Waals surface area contributed by atoms with Gasteiger partial charge in [0.05, 0.1) is 0 Å². The molecule has 0 saturated carbocycles. The van der Waals surface area contributed by atoms with Crippen LogP contribution >= 0.6 is 23.2 Å². The second kappa shape index (κ2) is 7.18. The zero-order valence-electron chi connectivity index (χ0n) is 12.3. The standard InChI is InChI=1S/C17H11Cl2N5/c18-12-5-3-6-13(8-12)22-17-14(9-20)16(23-24-17)21-10-11-4-1-2-7-15(11)19/h1-8,10H,(H2,22,23,24). The average Bonchev–Trinajstić information content (AvgIpc) is 2.96. The SMILES string of the molecule is N#Cc1c(N=Cc2ccccc2Cl)n[nH]c1Nc1cccc(Cl)c1. The molecule has 2 aromatic carbocycles. The molecular formula is C17H11Cl2N5. The van der Waals surface area contributed by atoms with Crippen molar-refractivity contribution in [1.82, 2.24) is 10.2 Å². The van der Waals surface area contributed by atoms with E-state index in [1.807, 2.05) is 30.3 Å². The summed E-state index contributed by atoms with van der Waals surface area (Å²) in [5, 5.41) is 20.5. The summed E-state index contributed by atoms with van der Waals surface area (Å²) in [6, 6.07) is 16.5. The minimum Gasteiger partial charge on any atom is -0.339 e. The van der Waals surface area contributed by atoms with Crippen LogP contribution in [-0.2, 0) is 0 Å². The third-order valence-electron chi connectivity index (χ3n) is 3.18. The number of hydrogen-bond donors (Lipinski definition) is 2. The van der Waals surface area contributed by atoms with Gasteiger partial charge in [-0.05, 0) is 24.3 Å². The Balaban J connectivity index is 1.87. The molecule has 0 aliphatic rings. The number of aromatic nitrogens is 2. The van der Waals surface area contributed by atoms with Crippen molar-refractivity contribution >= 4 is 46.7 Å². The van der Waals surface area contributed by atoms with Crippen LogP contribution in [0.1, 0.15) is 11.1 Å². The lowest BCUT2D eigenvalue weighted by Gasteiger charge is -2.03. The summed E-state index contributed by atoms with van der Waals surface area (Å²) < 4.78 is 0. The molecule has 0 aliphatic carbocycles. The maximum Gasteiger partial charge on any atom is 0.193 e. The fourth-order valence-electron chi connectivity index (χ4n) is 2.04. The van der Waals surface area contributed by atoms with Crippen LogP contribution in [0.4, 0.5) is 17.3 Å². The minimum absolute atomic E-state index is 0.280. The van der Waals surface area contributed by atoms with E-state index in [0.29, 0.717) is 21.4 Å². The van der Waals surface area contributed by atoms with Gasteiger partial charge in [-0.15, -0.1) is 0 Å². The first-order valence-corrected chi connectivity index (χ1v) is 7.72. The van der Waals surface area contributed by atoms with Crippen molar-refractivity contribution in [1.29, 1.82) is 5.26 Å². The second-order valence-corrected chi connectivity index (χ2v) is 5.67. The highest BCUT2D eigenvalue weighted by molar-refractivity contribution is 6.33. The molecule has 1 heterocycles. The van der Waals surface area contributed by atoms with Gasteiger partial charge in [0.2, 0.25) is 0 Å². The minimum atomic E-state index is 0.280. The van der Waals surface area contributed by atoms with Crippen LogP contribution in [0.15, 0.2) is 53.5 Å². The van der Waals surface area contributed by atoms with Crippen molar-refractivity contribution in [3.8, 4) is 6.07 Å². The molecule has 1 aromatic heterocycles. The van der Waals surface area contributed by atoms with E-state index >= 15 is 0 Å². The van der Waals surface area contributed by atoms with Crippen LogP contribution < -0.4 is 5.32 Å². The van der Waals surface area contributed by atoms with Crippen molar-refractivity contribution in [2.45, 2.75) is 0 Å². The quantitative estimate of drug-likeness (QED) is 0.640. The Bertz CT molecular complexity index is 940. The first kappa shape index (κ1) is 16.1. The molecule has 0 amide bonds. The largest absolute Gasteiger partial charge is 0.339 e. The van der Waals surface area contributed by atoms with Crippen molar-refractivity contribution < 1.29 is 0 Å². The maximum atomic E-state index is 9.40. The van der Waals surface area contributed by atoms with Crippen LogP contribution in [0.5, 0.6) is 0 Å². The molecule has 7 heteroatoms. The van der Waals surface area contributed by atoms with Crippen LogP contribution in [-0.4, -0.2) is 16.4 Å². The van der Waals surface area contributed by atoms with Gasteiger partial charge in [0.15, 0.2) is 5.82 Å². The fourth-order valence-corrected chi connectivity index (χ4v) is 2.42. The number of halogens is 2. The lowest BCUT2D eigenvalue weighted by Crippen LogP contribution is -1.92. The van der Waals surface area contributed by atoms with Gasteiger partial charge in [0.1, 0.15) is 17.5 Å². The Morgan fingerprint density at radius 1 is 1.17 bits per heavy atom. The maximum absolute atomic E-state index is 9.40. The summed E-state index contributed by atoms with van der Waals surface area (Å²) in [6.45, 7) is 0. The third-order valence-corrected chi connectivity index (χ3v) is 3.76. The molecule has 2 N–H and O–H groups in total. The van der Waals surface area contributed by atoms with Crippen LogP contribution in [0, 0.1) is 11.3 Å². The number of H-pyrrole nitrogens is 1. The Morgan fingerprint density at radius 3 is 2.75 bits per heavy atom. The van der Waals surface area contributed by atoms with Crippen molar-refractivity contribution in [2.24, 2.45) is 4.99 Å². The molecule has 118 valence electrons. The fraction of sp³-hybridized carbons (Fsp3) is 0. The van der Waals surface area contributed by atoms with E-state index in [-0.39, 0.29) is 5.82 Å². The Morgan fingerprint density at radius 2 is 2.00 bits per heavy atom. The highest BCUT2D eigenvalue weighted by atomic mass is 35.5. The van der Waals surface area contributed by atoms with Gasteiger partial charge in [0.25, 0.3) is 0 Å². The second-order valence-electron chi connectivity index (χ2n) is 4.82. The number of nitrogens with one attached hydrogen (secondary N) is 2. The first-order valence-electron chi connectivity index (χ1n) is 6.97. The molecule has 0 unspecified atom stereocenters. The molecule has 0 radical (unpaired) electrons. The zero-order valence-corrected chi connectivity index (χ0v) is 13.8. The summed E-state index contributed by atoms with van der Waals surface area (Å²) in [5.41, 5.74) is 1.79. The van der Waals surface area contributed by atoms with Gasteiger partial charge >= 0.3 is 0 Å². The number of hydrogen-bond acceptors (Lipinski definition) is 4. The Hall–Kier alpha value is -2.81. The number of nitrogens with zero attached hydrogens (tertiary/aromatic N) is 3.